The van der Waals surface area contributed by atoms with Crippen molar-refractivity contribution in [3.8, 4) is 0 Å². The number of benzene rings is 3. The van der Waals surface area contributed by atoms with Gasteiger partial charge in [0.25, 0.3) is 5.69 Å². The van der Waals surface area contributed by atoms with E-state index < -0.39 is 0 Å². The number of carbonyl (C=O) groups excluding carboxylic acids is 1. The molecule has 1 saturated carbocycles. The van der Waals surface area contributed by atoms with Crippen molar-refractivity contribution in [3.63, 3.8) is 0 Å². The molecule has 0 saturated heterocycles. The summed E-state index contributed by atoms with van der Waals surface area (Å²) < 4.78 is 0. The van der Waals surface area contributed by atoms with E-state index in [2.05, 4.69) is 5.32 Å². The van der Waals surface area contributed by atoms with Crippen molar-refractivity contribution < 1.29 is 9.72 Å². The minimum absolute atomic E-state index is 0.0119. The molecule has 0 unspecified atom stereocenters. The van der Waals surface area contributed by atoms with E-state index in [1.165, 1.54) is 17.8 Å². The summed E-state index contributed by atoms with van der Waals surface area (Å²) in [6.07, 6.45) is 0.718. The van der Waals surface area contributed by atoms with Gasteiger partial charge in [-0.25, -0.2) is 0 Å². The van der Waals surface area contributed by atoms with Gasteiger partial charge < -0.3 is 5.32 Å². The molecule has 0 radical (unpaired) electrons. The maximum atomic E-state index is 12.1. The summed E-state index contributed by atoms with van der Waals surface area (Å²) in [4.78, 5) is 23.9. The van der Waals surface area contributed by atoms with E-state index >= 15 is 0 Å². The number of nitro groups is 1. The minimum Gasteiger partial charge on any atom is -0.378 e. The van der Waals surface area contributed by atoms with Crippen LogP contribution in [0.5, 0.6) is 0 Å². The minimum atomic E-state index is -0.361. The van der Waals surface area contributed by atoms with Crippen molar-refractivity contribution in [1.82, 2.24) is 0 Å². The molecule has 35 heavy (non-hydrogen) atoms. The summed E-state index contributed by atoms with van der Waals surface area (Å²) in [5.41, 5.74) is 3.54. The zero-order valence-corrected chi connectivity index (χ0v) is 21.7. The fraction of sp³-hybridized carbons (Fsp3) is 0.269. The fourth-order valence-corrected chi connectivity index (χ4v) is 7.74. The van der Waals surface area contributed by atoms with Gasteiger partial charge in [-0.3, -0.25) is 14.9 Å². The standard InChI is InChI=1S/C26H21Cl3N2O3S/c1-13(32)14-6-9-20-17(10-14)24-18(26(30-20)16-8-7-15(27)11-19(16)28)12-23(25(24)29)35-22-5-3-2-4-21(22)31(33)34/h2-11,18,23-26,30H,12H2,1H3/t18-,23-,24+,25-,26-/m0/s1. The van der Waals surface area contributed by atoms with Crippen LogP contribution in [0.1, 0.15) is 46.8 Å². The van der Waals surface area contributed by atoms with Crippen LogP contribution >= 0.6 is 46.6 Å². The molecule has 5 atom stereocenters. The van der Waals surface area contributed by atoms with Gasteiger partial charge in [-0.2, -0.15) is 0 Å². The van der Waals surface area contributed by atoms with Crippen LogP contribution in [-0.4, -0.2) is 21.3 Å². The summed E-state index contributed by atoms with van der Waals surface area (Å²) >= 11 is 21.4. The Morgan fingerprint density at radius 3 is 2.57 bits per heavy atom. The fourth-order valence-electron chi connectivity index (χ4n) is 5.27. The lowest BCUT2D eigenvalue weighted by molar-refractivity contribution is -0.387. The summed E-state index contributed by atoms with van der Waals surface area (Å²) in [6, 6.07) is 17.8. The Bertz CT molecular complexity index is 1330. The summed E-state index contributed by atoms with van der Waals surface area (Å²) in [5, 5.41) is 16.0. The summed E-state index contributed by atoms with van der Waals surface area (Å²) in [5.74, 6) is -0.0162. The second-order valence-electron chi connectivity index (χ2n) is 8.90. The third-order valence-electron chi connectivity index (χ3n) is 6.86. The smallest absolute Gasteiger partial charge is 0.282 e. The number of thioether (sulfide) groups is 1. The van der Waals surface area contributed by atoms with E-state index in [9.17, 15) is 14.9 Å². The van der Waals surface area contributed by atoms with Gasteiger partial charge >= 0.3 is 0 Å². The van der Waals surface area contributed by atoms with Gasteiger partial charge in [0.1, 0.15) is 0 Å². The lowest BCUT2D eigenvalue weighted by Gasteiger charge is -2.39. The van der Waals surface area contributed by atoms with E-state index in [1.54, 1.807) is 31.2 Å². The van der Waals surface area contributed by atoms with Crippen LogP contribution in [-0.2, 0) is 0 Å². The highest BCUT2D eigenvalue weighted by Gasteiger charge is 2.50. The molecule has 0 amide bonds. The Morgan fingerprint density at radius 2 is 1.86 bits per heavy atom. The molecule has 180 valence electrons. The number of carbonyl (C=O) groups is 1. The van der Waals surface area contributed by atoms with E-state index in [4.69, 9.17) is 34.8 Å². The van der Waals surface area contributed by atoms with Gasteiger partial charge in [-0.15, -0.1) is 23.4 Å². The molecule has 5 rings (SSSR count). The number of ketones is 1. The van der Waals surface area contributed by atoms with E-state index in [-0.39, 0.29) is 44.9 Å². The van der Waals surface area contributed by atoms with Crippen molar-refractivity contribution in [2.24, 2.45) is 5.92 Å². The molecule has 0 bridgehead atoms. The normalized spacial score (nSPS) is 24.9. The molecule has 0 spiro atoms. The molecule has 1 fully saturated rings. The van der Waals surface area contributed by atoms with Crippen molar-refractivity contribution in [2.45, 2.75) is 40.8 Å². The highest BCUT2D eigenvalue weighted by Crippen LogP contribution is 2.58. The van der Waals surface area contributed by atoms with E-state index in [0.29, 0.717) is 20.5 Å². The Balaban J connectivity index is 1.58. The van der Waals surface area contributed by atoms with Crippen molar-refractivity contribution in [2.75, 3.05) is 5.32 Å². The van der Waals surface area contributed by atoms with E-state index in [0.717, 1.165) is 23.2 Å². The zero-order valence-electron chi connectivity index (χ0n) is 18.6. The van der Waals surface area contributed by atoms with Crippen LogP contribution in [0.2, 0.25) is 10.0 Å². The second kappa shape index (κ2) is 9.66. The molecule has 9 heteroatoms. The molecular formula is C26H21Cl3N2O3S. The van der Waals surface area contributed by atoms with Gasteiger partial charge in [-0.05, 0) is 66.8 Å². The number of anilines is 1. The molecule has 5 nitrogen and oxygen atoms in total. The largest absolute Gasteiger partial charge is 0.378 e. The number of rotatable bonds is 5. The van der Waals surface area contributed by atoms with Gasteiger partial charge in [0, 0.05) is 38.5 Å². The van der Waals surface area contributed by atoms with Gasteiger partial charge in [0.15, 0.2) is 5.78 Å². The molecule has 2 aliphatic rings. The maximum Gasteiger partial charge on any atom is 0.282 e. The third-order valence-corrected chi connectivity index (χ3v) is 9.53. The first-order chi connectivity index (χ1) is 16.7. The van der Waals surface area contributed by atoms with Crippen molar-refractivity contribution >= 4 is 63.7 Å². The topological polar surface area (TPSA) is 72.2 Å². The van der Waals surface area contributed by atoms with Crippen LogP contribution in [0.4, 0.5) is 11.4 Å². The number of nitrogens with one attached hydrogen (secondary N) is 1. The first-order valence-electron chi connectivity index (χ1n) is 11.1. The molecule has 0 aromatic heterocycles. The molecule has 3 aromatic carbocycles. The number of para-hydroxylation sites is 1. The Kier molecular flexibility index (Phi) is 6.75. The monoisotopic (exact) mass is 546 g/mol. The number of Topliss-reactive ketones (excluding diaryl/α,β-unsaturated/α-hetero) is 1. The quantitative estimate of drug-likeness (QED) is 0.151. The molecule has 1 aliphatic heterocycles. The van der Waals surface area contributed by atoms with Gasteiger partial charge in [0.2, 0.25) is 0 Å². The number of halogens is 3. The number of alkyl halides is 1. The highest BCUT2D eigenvalue weighted by atomic mass is 35.5. The Hall–Kier alpha value is -2.25. The number of nitro benzene ring substituents is 1. The highest BCUT2D eigenvalue weighted by molar-refractivity contribution is 8.00. The average Bonchev–Trinajstić information content (AvgIpc) is 3.15. The first kappa shape index (κ1) is 24.4. The van der Waals surface area contributed by atoms with Crippen LogP contribution in [0.25, 0.3) is 0 Å². The molecule has 3 aromatic rings. The predicted octanol–water partition coefficient (Wildman–Crippen LogP) is 8.14. The van der Waals surface area contributed by atoms with Crippen LogP contribution in [0.3, 0.4) is 0 Å². The number of hydrogen-bond donors (Lipinski definition) is 1. The number of fused-ring (bicyclic) bond motifs is 3. The summed E-state index contributed by atoms with van der Waals surface area (Å²) in [6.45, 7) is 1.55. The molecule has 1 N–H and O–H groups in total. The lowest BCUT2D eigenvalue weighted by atomic mass is 9.76. The predicted molar refractivity (Wildman–Crippen MR) is 143 cm³/mol. The molecule has 1 aliphatic carbocycles. The maximum absolute atomic E-state index is 12.1. The van der Waals surface area contributed by atoms with Crippen molar-refractivity contribution in [3.05, 3.63) is 97.5 Å². The number of nitrogens with zero attached hydrogens (tertiary/aromatic N) is 1. The molecule has 1 heterocycles. The first-order valence-corrected chi connectivity index (χ1v) is 13.2. The zero-order chi connectivity index (χ0) is 24.9. The Morgan fingerprint density at radius 1 is 1.09 bits per heavy atom. The van der Waals surface area contributed by atoms with Crippen LogP contribution in [0.15, 0.2) is 65.6 Å². The third kappa shape index (κ3) is 4.53. The number of hydrogen-bond acceptors (Lipinski definition) is 5. The van der Waals surface area contributed by atoms with Crippen LogP contribution in [0, 0.1) is 16.0 Å². The second-order valence-corrected chi connectivity index (χ2v) is 11.5. The molecular weight excluding hydrogens is 527 g/mol. The van der Waals surface area contributed by atoms with Gasteiger partial charge in [-0.1, -0.05) is 41.4 Å². The average molecular weight is 548 g/mol. The SMILES string of the molecule is CC(=O)c1ccc2c(c1)[C@H]1[C@@H](Cl)[C@@H](Sc3ccccc3[N+](=O)[O-])C[C@@H]1[C@H](c1ccc(Cl)cc1Cl)N2. The Labute approximate surface area is 222 Å². The van der Waals surface area contributed by atoms with Crippen molar-refractivity contribution in [1.29, 1.82) is 0 Å². The van der Waals surface area contributed by atoms with Gasteiger partial charge in [0.05, 0.1) is 21.2 Å². The van der Waals surface area contributed by atoms with Crippen LogP contribution < -0.4 is 5.32 Å². The summed E-state index contributed by atoms with van der Waals surface area (Å²) in [7, 11) is 0. The lowest BCUT2D eigenvalue weighted by Crippen LogP contribution is -2.31. The van der Waals surface area contributed by atoms with E-state index in [1.807, 2.05) is 30.3 Å².